The van der Waals surface area contributed by atoms with Crippen LogP contribution in [0.1, 0.15) is 43.2 Å². The maximum atomic E-state index is 12.9. The molecule has 0 aliphatic carbocycles. The summed E-state index contributed by atoms with van der Waals surface area (Å²) in [6.07, 6.45) is 4.53. The SMILES string of the molecule is C[C@H]1CCCN(S(=O)(=O)c2ccc(NC(=O)C3CCN(C(=O)c4ccco4)CC3)cc2)C1. The quantitative estimate of drug-likeness (QED) is 0.740. The predicted octanol–water partition coefficient (Wildman–Crippen LogP) is 3.19. The number of amides is 2. The summed E-state index contributed by atoms with van der Waals surface area (Å²) in [5, 5.41) is 2.88. The van der Waals surface area contributed by atoms with Gasteiger partial charge in [-0.2, -0.15) is 4.31 Å². The van der Waals surface area contributed by atoms with Gasteiger partial charge in [-0.05, 0) is 68.0 Å². The lowest BCUT2D eigenvalue weighted by Gasteiger charge is -2.31. The smallest absolute Gasteiger partial charge is 0.289 e. The molecule has 1 aromatic carbocycles. The Kier molecular flexibility index (Phi) is 6.66. The number of hydrogen-bond donors (Lipinski definition) is 1. The van der Waals surface area contributed by atoms with Crippen LogP contribution in [0.5, 0.6) is 0 Å². The van der Waals surface area contributed by atoms with Crippen LogP contribution in [0, 0.1) is 11.8 Å². The van der Waals surface area contributed by atoms with Crippen molar-refractivity contribution in [1.29, 1.82) is 0 Å². The summed E-state index contributed by atoms with van der Waals surface area (Å²) >= 11 is 0. The Morgan fingerprint density at radius 1 is 1.03 bits per heavy atom. The highest BCUT2D eigenvalue weighted by atomic mass is 32.2. The molecule has 1 aromatic heterocycles. The van der Waals surface area contributed by atoms with Gasteiger partial charge in [0.15, 0.2) is 5.76 Å². The summed E-state index contributed by atoms with van der Waals surface area (Å²) in [4.78, 5) is 27.0. The molecule has 172 valence electrons. The van der Waals surface area contributed by atoms with Gasteiger partial charge in [-0.3, -0.25) is 9.59 Å². The van der Waals surface area contributed by atoms with Gasteiger partial charge in [-0.25, -0.2) is 8.42 Å². The normalized spacial score (nSPS) is 20.8. The average molecular weight is 460 g/mol. The van der Waals surface area contributed by atoms with E-state index in [0.717, 1.165) is 12.8 Å². The van der Waals surface area contributed by atoms with E-state index in [4.69, 9.17) is 4.42 Å². The topological polar surface area (TPSA) is 99.9 Å². The number of nitrogens with zero attached hydrogens (tertiary/aromatic N) is 2. The Bertz CT molecular complexity index is 1040. The first-order valence-electron chi connectivity index (χ1n) is 11.1. The number of rotatable bonds is 5. The molecule has 2 aromatic rings. The van der Waals surface area contributed by atoms with E-state index in [0.29, 0.717) is 56.4 Å². The molecule has 0 unspecified atom stereocenters. The number of furan rings is 1. The number of carbonyl (C=O) groups excluding carboxylic acids is 2. The molecule has 0 spiro atoms. The van der Waals surface area contributed by atoms with Gasteiger partial charge in [-0.1, -0.05) is 6.92 Å². The molecule has 8 nitrogen and oxygen atoms in total. The molecule has 0 bridgehead atoms. The van der Waals surface area contributed by atoms with Crippen LogP contribution >= 0.6 is 0 Å². The minimum atomic E-state index is -3.52. The molecule has 2 amide bonds. The molecule has 2 fully saturated rings. The molecule has 2 aliphatic heterocycles. The maximum Gasteiger partial charge on any atom is 0.289 e. The molecule has 2 aliphatic rings. The van der Waals surface area contributed by atoms with Crippen molar-refractivity contribution in [2.45, 2.75) is 37.5 Å². The maximum absolute atomic E-state index is 12.9. The van der Waals surface area contributed by atoms with Crippen LogP contribution < -0.4 is 5.32 Å². The van der Waals surface area contributed by atoms with E-state index in [9.17, 15) is 18.0 Å². The average Bonchev–Trinajstić information content (AvgIpc) is 3.34. The zero-order chi connectivity index (χ0) is 22.7. The largest absolute Gasteiger partial charge is 0.459 e. The minimum Gasteiger partial charge on any atom is -0.459 e. The van der Waals surface area contributed by atoms with Crippen LogP contribution in [0.4, 0.5) is 5.69 Å². The van der Waals surface area contributed by atoms with E-state index in [1.54, 1.807) is 45.6 Å². The van der Waals surface area contributed by atoms with E-state index in [1.165, 1.54) is 6.26 Å². The van der Waals surface area contributed by atoms with E-state index in [2.05, 4.69) is 12.2 Å². The third kappa shape index (κ3) is 4.88. The third-order valence-corrected chi connectivity index (χ3v) is 8.14. The summed E-state index contributed by atoms with van der Waals surface area (Å²) in [7, 11) is -3.52. The van der Waals surface area contributed by atoms with Crippen molar-refractivity contribution in [2.75, 3.05) is 31.5 Å². The van der Waals surface area contributed by atoms with Gasteiger partial charge in [0.1, 0.15) is 0 Å². The number of benzene rings is 1. The molecule has 0 radical (unpaired) electrons. The summed E-state index contributed by atoms with van der Waals surface area (Å²) in [5.41, 5.74) is 0.565. The molecule has 0 saturated carbocycles. The molecule has 4 rings (SSSR count). The molecule has 1 atom stereocenters. The van der Waals surface area contributed by atoms with Crippen molar-refractivity contribution in [3.63, 3.8) is 0 Å². The molecular weight excluding hydrogens is 430 g/mol. The first kappa shape index (κ1) is 22.5. The minimum absolute atomic E-state index is 0.115. The number of anilines is 1. The highest BCUT2D eigenvalue weighted by Crippen LogP contribution is 2.25. The number of nitrogens with one attached hydrogen (secondary N) is 1. The van der Waals surface area contributed by atoms with E-state index < -0.39 is 10.0 Å². The molecule has 9 heteroatoms. The Morgan fingerprint density at radius 3 is 2.38 bits per heavy atom. The standard InChI is InChI=1S/C23H29N3O5S/c1-17-4-2-12-26(16-17)32(29,30)20-8-6-19(7-9-20)24-22(27)18-10-13-25(14-11-18)23(28)21-5-3-15-31-21/h3,5-9,15,17-18H,2,4,10-14,16H2,1H3,(H,24,27)/t17-/m0/s1. The number of piperidine rings is 2. The van der Waals surface area contributed by atoms with Crippen LogP contribution in [-0.4, -0.2) is 55.6 Å². The highest BCUT2D eigenvalue weighted by molar-refractivity contribution is 7.89. The van der Waals surface area contributed by atoms with E-state index in [1.807, 2.05) is 0 Å². The molecule has 2 saturated heterocycles. The Morgan fingerprint density at radius 2 is 1.75 bits per heavy atom. The number of likely N-dealkylation sites (tertiary alicyclic amines) is 1. The number of hydrogen-bond acceptors (Lipinski definition) is 5. The Labute approximate surface area is 188 Å². The van der Waals surface area contributed by atoms with Gasteiger partial charge in [0.2, 0.25) is 15.9 Å². The van der Waals surface area contributed by atoms with Gasteiger partial charge in [-0.15, -0.1) is 0 Å². The van der Waals surface area contributed by atoms with Gasteiger partial charge < -0.3 is 14.6 Å². The Balaban J connectivity index is 1.32. The first-order chi connectivity index (χ1) is 15.3. The zero-order valence-corrected chi connectivity index (χ0v) is 19.0. The molecule has 3 heterocycles. The lowest BCUT2D eigenvalue weighted by Crippen LogP contribution is -2.41. The molecule has 32 heavy (non-hydrogen) atoms. The van der Waals surface area contributed by atoms with Gasteiger partial charge >= 0.3 is 0 Å². The van der Waals surface area contributed by atoms with Crippen molar-refractivity contribution in [3.8, 4) is 0 Å². The summed E-state index contributed by atoms with van der Waals surface area (Å²) in [6, 6.07) is 9.68. The third-order valence-electron chi connectivity index (χ3n) is 6.26. The Hall–Kier alpha value is -2.65. The summed E-state index contributed by atoms with van der Waals surface area (Å²) < 4.78 is 32.5. The lowest BCUT2D eigenvalue weighted by molar-refractivity contribution is -0.121. The van der Waals surface area contributed by atoms with Crippen molar-refractivity contribution < 1.29 is 22.4 Å². The van der Waals surface area contributed by atoms with E-state index >= 15 is 0 Å². The summed E-state index contributed by atoms with van der Waals surface area (Å²) in [5.74, 6) is 0.193. The predicted molar refractivity (Wildman–Crippen MR) is 120 cm³/mol. The van der Waals surface area contributed by atoms with Crippen molar-refractivity contribution in [3.05, 3.63) is 48.4 Å². The van der Waals surface area contributed by atoms with Gasteiger partial charge in [0.05, 0.1) is 11.2 Å². The fourth-order valence-electron chi connectivity index (χ4n) is 4.37. The van der Waals surface area contributed by atoms with Gasteiger partial charge in [0, 0.05) is 37.8 Å². The monoisotopic (exact) mass is 459 g/mol. The van der Waals surface area contributed by atoms with Gasteiger partial charge in [0.25, 0.3) is 5.91 Å². The molecular formula is C23H29N3O5S. The fourth-order valence-corrected chi connectivity index (χ4v) is 5.97. The second-order valence-corrected chi connectivity index (χ2v) is 10.6. The van der Waals surface area contributed by atoms with E-state index in [-0.39, 0.29) is 22.6 Å². The van der Waals surface area contributed by atoms with Crippen molar-refractivity contribution in [1.82, 2.24) is 9.21 Å². The summed E-state index contributed by atoms with van der Waals surface area (Å²) in [6.45, 7) is 4.14. The van der Waals surface area contributed by atoms with Crippen LogP contribution in [-0.2, 0) is 14.8 Å². The highest BCUT2D eigenvalue weighted by Gasteiger charge is 2.30. The zero-order valence-electron chi connectivity index (χ0n) is 18.2. The number of sulfonamides is 1. The fraction of sp³-hybridized carbons (Fsp3) is 0.478. The van der Waals surface area contributed by atoms with Crippen LogP contribution in [0.15, 0.2) is 52.0 Å². The molecule has 1 N–H and O–H groups in total. The first-order valence-corrected chi connectivity index (χ1v) is 12.5. The number of carbonyl (C=O) groups is 2. The van der Waals surface area contributed by atoms with Crippen molar-refractivity contribution >= 4 is 27.5 Å². The van der Waals surface area contributed by atoms with Crippen molar-refractivity contribution in [2.24, 2.45) is 11.8 Å². The van der Waals surface area contributed by atoms with Crippen LogP contribution in [0.25, 0.3) is 0 Å². The second-order valence-electron chi connectivity index (χ2n) is 8.67. The van der Waals surface area contributed by atoms with Crippen LogP contribution in [0.2, 0.25) is 0 Å². The van der Waals surface area contributed by atoms with Crippen LogP contribution in [0.3, 0.4) is 0 Å². The lowest BCUT2D eigenvalue weighted by atomic mass is 9.95. The second kappa shape index (κ2) is 9.46.